The smallest absolute Gasteiger partial charge is 0.240 e. The lowest BCUT2D eigenvalue weighted by atomic mass is 9.87. The molecule has 1 heterocycles. The van der Waals surface area contributed by atoms with Gasteiger partial charge < -0.3 is 9.15 Å². The molecule has 0 fully saturated rings. The van der Waals surface area contributed by atoms with Gasteiger partial charge in [-0.15, -0.1) is 0 Å². The molecule has 0 radical (unpaired) electrons. The van der Waals surface area contributed by atoms with E-state index in [0.717, 1.165) is 16.9 Å². The first-order chi connectivity index (χ1) is 13.7. The highest BCUT2D eigenvalue weighted by molar-refractivity contribution is 7.89. The molecule has 29 heavy (non-hydrogen) atoms. The summed E-state index contributed by atoms with van der Waals surface area (Å²) in [6, 6.07) is 14.4. The Morgan fingerprint density at radius 1 is 1.03 bits per heavy atom. The number of oxazole rings is 1. The summed E-state index contributed by atoms with van der Waals surface area (Å²) in [5, 5.41) is 0. The Kier molecular flexibility index (Phi) is 6.10. The Bertz CT molecular complexity index is 1050. The molecular weight excluding hydrogens is 388 g/mol. The second-order valence-electron chi connectivity index (χ2n) is 7.79. The van der Waals surface area contributed by atoms with Crippen molar-refractivity contribution in [3.8, 4) is 17.2 Å². The lowest BCUT2D eigenvalue weighted by Crippen LogP contribution is -2.26. The summed E-state index contributed by atoms with van der Waals surface area (Å²) in [6.45, 7) is 6.50. The summed E-state index contributed by atoms with van der Waals surface area (Å²) in [4.78, 5) is 4.68. The summed E-state index contributed by atoms with van der Waals surface area (Å²) < 4.78 is 38.3. The van der Waals surface area contributed by atoms with Crippen LogP contribution in [0.2, 0.25) is 0 Å². The van der Waals surface area contributed by atoms with Crippen molar-refractivity contribution in [3.05, 3.63) is 66.1 Å². The van der Waals surface area contributed by atoms with Gasteiger partial charge in [0.25, 0.3) is 0 Å². The van der Waals surface area contributed by atoms with Gasteiger partial charge in [0.05, 0.1) is 17.7 Å². The van der Waals surface area contributed by atoms with E-state index in [1.165, 1.54) is 0 Å². The number of nitrogens with zero attached hydrogens (tertiary/aromatic N) is 1. The third-order valence-corrected chi connectivity index (χ3v) is 6.07. The Labute approximate surface area is 172 Å². The fourth-order valence-corrected chi connectivity index (χ4v) is 3.85. The molecule has 0 aliphatic rings. The first-order valence-corrected chi connectivity index (χ1v) is 10.9. The number of nitrogens with one attached hydrogen (secondary N) is 1. The van der Waals surface area contributed by atoms with Crippen LogP contribution in [0.15, 0.2) is 64.1 Å². The van der Waals surface area contributed by atoms with Crippen LogP contribution in [0.5, 0.6) is 5.75 Å². The van der Waals surface area contributed by atoms with Crippen LogP contribution < -0.4 is 9.46 Å². The molecule has 0 aliphatic carbocycles. The van der Waals surface area contributed by atoms with E-state index in [2.05, 4.69) is 30.5 Å². The highest BCUT2D eigenvalue weighted by Gasteiger charge is 2.17. The number of aromatic nitrogens is 1. The second kappa shape index (κ2) is 8.39. The zero-order chi connectivity index (χ0) is 21.1. The number of hydrogen-bond acceptors (Lipinski definition) is 5. The molecule has 1 aromatic heterocycles. The first kappa shape index (κ1) is 21.1. The average molecular weight is 415 g/mol. The van der Waals surface area contributed by atoms with E-state index in [4.69, 9.17) is 9.15 Å². The largest absolute Gasteiger partial charge is 0.497 e. The predicted octanol–water partition coefficient (Wildman–Crippen LogP) is 4.17. The molecule has 154 valence electrons. The van der Waals surface area contributed by atoms with Crippen molar-refractivity contribution >= 4 is 10.0 Å². The van der Waals surface area contributed by atoms with E-state index in [9.17, 15) is 8.42 Å². The lowest BCUT2D eigenvalue weighted by molar-refractivity contribution is 0.415. The molecular formula is C22H26N2O4S. The van der Waals surface area contributed by atoms with E-state index in [1.807, 2.05) is 36.4 Å². The van der Waals surface area contributed by atoms with Crippen molar-refractivity contribution in [3.63, 3.8) is 0 Å². The van der Waals surface area contributed by atoms with E-state index in [-0.39, 0.29) is 16.9 Å². The third-order valence-electron chi connectivity index (χ3n) is 4.59. The van der Waals surface area contributed by atoms with Gasteiger partial charge in [-0.2, -0.15) is 0 Å². The van der Waals surface area contributed by atoms with Crippen LogP contribution >= 0.6 is 0 Å². The number of sulfonamides is 1. The van der Waals surface area contributed by atoms with Gasteiger partial charge in [-0.1, -0.05) is 32.9 Å². The van der Waals surface area contributed by atoms with Gasteiger partial charge >= 0.3 is 0 Å². The van der Waals surface area contributed by atoms with Crippen LogP contribution in [-0.4, -0.2) is 27.1 Å². The predicted molar refractivity (Wildman–Crippen MR) is 113 cm³/mol. The van der Waals surface area contributed by atoms with Crippen LogP contribution in [0.1, 0.15) is 32.0 Å². The monoisotopic (exact) mass is 414 g/mol. The molecule has 0 atom stereocenters. The highest BCUT2D eigenvalue weighted by atomic mass is 32.2. The molecule has 6 nitrogen and oxygen atoms in total. The minimum atomic E-state index is -3.57. The zero-order valence-corrected chi connectivity index (χ0v) is 17.9. The summed E-state index contributed by atoms with van der Waals surface area (Å²) in [5.41, 5.74) is 2.58. The van der Waals surface area contributed by atoms with E-state index in [1.54, 1.807) is 25.5 Å². The van der Waals surface area contributed by atoms with E-state index >= 15 is 0 Å². The standard InChI is InChI=1S/C22H26N2O4S/c1-22(2,3)17-7-11-20(12-8-17)29(25,26)23-14-13-18-15-28-21(24-18)16-5-9-19(27-4)10-6-16/h5-12,15,23H,13-14H2,1-4H3. The molecule has 7 heteroatoms. The number of rotatable bonds is 7. The van der Waals surface area contributed by atoms with Gasteiger partial charge in [0.15, 0.2) is 0 Å². The van der Waals surface area contributed by atoms with Gasteiger partial charge in [-0.3, -0.25) is 0 Å². The van der Waals surface area contributed by atoms with E-state index in [0.29, 0.717) is 18.0 Å². The SMILES string of the molecule is COc1ccc(-c2nc(CCNS(=O)(=O)c3ccc(C(C)(C)C)cc3)co2)cc1. The lowest BCUT2D eigenvalue weighted by Gasteiger charge is -2.19. The molecule has 0 bridgehead atoms. The van der Waals surface area contributed by atoms with Crippen molar-refractivity contribution < 1.29 is 17.6 Å². The minimum Gasteiger partial charge on any atom is -0.497 e. The maximum atomic E-state index is 12.5. The Balaban J connectivity index is 1.60. The van der Waals surface area contributed by atoms with Gasteiger partial charge in [0.2, 0.25) is 15.9 Å². The summed E-state index contributed by atoms with van der Waals surface area (Å²) in [5.74, 6) is 1.24. The van der Waals surface area contributed by atoms with Gasteiger partial charge in [-0.25, -0.2) is 18.1 Å². The molecule has 3 rings (SSSR count). The topological polar surface area (TPSA) is 81.4 Å². The van der Waals surface area contributed by atoms with Crippen LogP contribution in [0.3, 0.4) is 0 Å². The van der Waals surface area contributed by atoms with Crippen molar-refractivity contribution in [2.24, 2.45) is 0 Å². The molecule has 0 saturated carbocycles. The van der Waals surface area contributed by atoms with Crippen LogP contribution in [0.4, 0.5) is 0 Å². The normalized spacial score (nSPS) is 12.1. The Hall–Kier alpha value is -2.64. The van der Waals surface area contributed by atoms with Gasteiger partial charge in [0.1, 0.15) is 12.0 Å². The maximum Gasteiger partial charge on any atom is 0.240 e. The minimum absolute atomic E-state index is 0.0235. The fourth-order valence-electron chi connectivity index (χ4n) is 2.82. The molecule has 0 aliphatic heterocycles. The number of hydrogen-bond donors (Lipinski definition) is 1. The molecule has 1 N–H and O–H groups in total. The molecule has 0 saturated heterocycles. The number of methoxy groups -OCH3 is 1. The fraction of sp³-hybridized carbons (Fsp3) is 0.318. The molecule has 0 amide bonds. The molecule has 2 aromatic carbocycles. The number of ether oxygens (including phenoxy) is 1. The van der Waals surface area contributed by atoms with Crippen LogP contribution in [0, 0.1) is 0 Å². The van der Waals surface area contributed by atoms with Gasteiger partial charge in [0, 0.05) is 18.5 Å². The second-order valence-corrected chi connectivity index (χ2v) is 9.56. The van der Waals surface area contributed by atoms with Crippen LogP contribution in [0.25, 0.3) is 11.5 Å². The van der Waals surface area contributed by atoms with Gasteiger partial charge in [-0.05, 0) is 47.4 Å². The van der Waals surface area contributed by atoms with Crippen molar-refractivity contribution in [1.29, 1.82) is 0 Å². The van der Waals surface area contributed by atoms with Crippen molar-refractivity contribution in [2.45, 2.75) is 37.5 Å². The highest BCUT2D eigenvalue weighted by Crippen LogP contribution is 2.24. The summed E-state index contributed by atoms with van der Waals surface area (Å²) >= 11 is 0. The molecule has 0 spiro atoms. The molecule has 0 unspecified atom stereocenters. The van der Waals surface area contributed by atoms with Crippen molar-refractivity contribution in [2.75, 3.05) is 13.7 Å². The van der Waals surface area contributed by atoms with Crippen molar-refractivity contribution in [1.82, 2.24) is 9.71 Å². The third kappa shape index (κ3) is 5.25. The average Bonchev–Trinajstić information content (AvgIpc) is 3.16. The Morgan fingerprint density at radius 2 is 1.69 bits per heavy atom. The summed E-state index contributed by atoms with van der Waals surface area (Å²) in [7, 11) is -1.96. The quantitative estimate of drug-likeness (QED) is 0.628. The Morgan fingerprint density at radius 3 is 2.28 bits per heavy atom. The zero-order valence-electron chi connectivity index (χ0n) is 17.1. The summed E-state index contributed by atoms with van der Waals surface area (Å²) in [6.07, 6.45) is 1.98. The van der Waals surface area contributed by atoms with E-state index < -0.39 is 10.0 Å². The molecule has 3 aromatic rings. The first-order valence-electron chi connectivity index (χ1n) is 9.38. The van der Waals surface area contributed by atoms with Crippen LogP contribution in [-0.2, 0) is 21.9 Å². The number of benzene rings is 2. The maximum absolute atomic E-state index is 12.5.